The fraction of sp³-hybridized carbons (Fsp3) is 0.241. The van der Waals surface area contributed by atoms with Gasteiger partial charge in [-0.15, -0.1) is 0 Å². The minimum Gasteiger partial charge on any atom is -0.490 e. The van der Waals surface area contributed by atoms with Gasteiger partial charge in [-0.1, -0.05) is 41.1 Å². The number of nitriles is 1. The van der Waals surface area contributed by atoms with Crippen molar-refractivity contribution in [3.63, 3.8) is 0 Å². The Kier molecular flexibility index (Phi) is 6.26. The highest BCUT2D eigenvalue weighted by Crippen LogP contribution is 2.37. The van der Waals surface area contributed by atoms with Crippen LogP contribution in [0.4, 0.5) is 0 Å². The lowest BCUT2D eigenvalue weighted by atomic mass is 10.0. The molecule has 1 atom stereocenters. The van der Waals surface area contributed by atoms with Gasteiger partial charge in [0.25, 0.3) is 11.8 Å². The Morgan fingerprint density at radius 2 is 1.97 bits per heavy atom. The van der Waals surface area contributed by atoms with E-state index in [0.717, 1.165) is 35.1 Å². The van der Waals surface area contributed by atoms with Crippen LogP contribution in [0.25, 0.3) is 22.8 Å². The van der Waals surface area contributed by atoms with Crippen LogP contribution in [0.2, 0.25) is 0 Å². The normalized spacial score (nSPS) is 14.4. The summed E-state index contributed by atoms with van der Waals surface area (Å²) in [5.41, 5.74) is 5.89. The van der Waals surface area contributed by atoms with E-state index >= 15 is 0 Å². The van der Waals surface area contributed by atoms with E-state index in [-0.39, 0.29) is 18.1 Å². The molecule has 1 N–H and O–H groups in total. The van der Waals surface area contributed by atoms with Crippen molar-refractivity contribution < 1.29 is 14.1 Å². The average molecular weight is 479 g/mol. The number of nitrogens with one attached hydrogen (secondary N) is 1. The van der Waals surface area contributed by atoms with Crippen molar-refractivity contribution in [2.24, 2.45) is 0 Å². The van der Waals surface area contributed by atoms with Crippen molar-refractivity contribution in [1.82, 2.24) is 15.5 Å². The summed E-state index contributed by atoms with van der Waals surface area (Å²) in [5, 5.41) is 16.9. The van der Waals surface area contributed by atoms with Crippen molar-refractivity contribution in [1.29, 1.82) is 5.26 Å². The summed E-state index contributed by atoms with van der Waals surface area (Å²) in [5.74, 6) is 1.25. The molecule has 0 saturated heterocycles. The Morgan fingerprint density at radius 1 is 1.17 bits per heavy atom. The Labute approximate surface area is 209 Å². The smallest absolute Gasteiger partial charge is 0.258 e. The molecule has 7 heteroatoms. The molecule has 180 valence electrons. The molecule has 1 aliphatic carbocycles. The predicted molar refractivity (Wildman–Crippen MR) is 135 cm³/mol. The molecule has 1 aliphatic rings. The van der Waals surface area contributed by atoms with Crippen molar-refractivity contribution in [2.75, 3.05) is 0 Å². The van der Waals surface area contributed by atoms with Gasteiger partial charge in [0, 0.05) is 16.7 Å². The van der Waals surface area contributed by atoms with Crippen molar-refractivity contribution in [2.45, 2.75) is 45.8 Å². The zero-order valence-electron chi connectivity index (χ0n) is 20.4. The largest absolute Gasteiger partial charge is 0.490 e. The van der Waals surface area contributed by atoms with Gasteiger partial charge in [0.15, 0.2) is 0 Å². The van der Waals surface area contributed by atoms with E-state index in [0.29, 0.717) is 34.2 Å². The molecule has 0 spiro atoms. The second-order valence-corrected chi connectivity index (χ2v) is 9.22. The maximum atomic E-state index is 12.8. The number of carbonyl (C=O) groups is 1. The summed E-state index contributed by atoms with van der Waals surface area (Å²) in [6, 6.07) is 20.9. The Bertz CT molecular complexity index is 1460. The molecular weight excluding hydrogens is 452 g/mol. The van der Waals surface area contributed by atoms with Crippen LogP contribution < -0.4 is 10.1 Å². The first-order valence-corrected chi connectivity index (χ1v) is 12.0. The Balaban J connectivity index is 1.39. The van der Waals surface area contributed by atoms with Crippen LogP contribution in [-0.4, -0.2) is 22.2 Å². The molecule has 0 aliphatic heterocycles. The number of rotatable bonds is 6. The Morgan fingerprint density at radius 3 is 2.72 bits per heavy atom. The quantitative estimate of drug-likeness (QED) is 0.376. The zero-order chi connectivity index (χ0) is 25.2. The van der Waals surface area contributed by atoms with Crippen LogP contribution in [-0.2, 0) is 6.42 Å². The zero-order valence-corrected chi connectivity index (χ0v) is 20.4. The number of benzene rings is 3. The third-order valence-corrected chi connectivity index (χ3v) is 6.27. The molecule has 0 saturated carbocycles. The molecule has 7 nitrogen and oxygen atoms in total. The number of hydrogen-bond acceptors (Lipinski definition) is 6. The van der Waals surface area contributed by atoms with Gasteiger partial charge in [-0.25, -0.2) is 0 Å². The van der Waals surface area contributed by atoms with Crippen LogP contribution in [0.1, 0.15) is 58.9 Å². The van der Waals surface area contributed by atoms with Gasteiger partial charge < -0.3 is 14.6 Å². The SMILES string of the molecule is Cc1ccc(C(=O)N[C@H]2CCc3c(-c4noc(-c5ccc(OC(C)C)c(C#N)c5)n4)cccc32)cc1. The third kappa shape index (κ3) is 4.58. The van der Waals surface area contributed by atoms with Crippen LogP contribution in [0.3, 0.4) is 0 Å². The van der Waals surface area contributed by atoms with Gasteiger partial charge in [0.05, 0.1) is 17.7 Å². The molecule has 0 fully saturated rings. The first-order chi connectivity index (χ1) is 17.4. The molecule has 0 radical (unpaired) electrons. The molecule has 0 bridgehead atoms. The lowest BCUT2D eigenvalue weighted by Crippen LogP contribution is -2.27. The van der Waals surface area contributed by atoms with E-state index in [1.54, 1.807) is 12.1 Å². The summed E-state index contributed by atoms with van der Waals surface area (Å²) in [6.07, 6.45) is 1.56. The summed E-state index contributed by atoms with van der Waals surface area (Å²) >= 11 is 0. The number of ether oxygens (including phenoxy) is 1. The molecule has 36 heavy (non-hydrogen) atoms. The van der Waals surface area contributed by atoms with Crippen molar-refractivity contribution >= 4 is 5.91 Å². The van der Waals surface area contributed by atoms with Gasteiger partial charge in [0.2, 0.25) is 5.82 Å². The Hall–Kier alpha value is -4.44. The molecular formula is C29H26N4O3. The number of aryl methyl sites for hydroxylation is 1. The number of carbonyl (C=O) groups excluding carboxylic acids is 1. The highest BCUT2D eigenvalue weighted by molar-refractivity contribution is 5.94. The number of amides is 1. The lowest BCUT2D eigenvalue weighted by molar-refractivity contribution is 0.0936. The van der Waals surface area contributed by atoms with E-state index < -0.39 is 0 Å². The molecule has 3 aromatic carbocycles. The molecule has 1 aromatic heterocycles. The van der Waals surface area contributed by atoms with Crippen molar-refractivity contribution in [3.05, 3.63) is 88.5 Å². The van der Waals surface area contributed by atoms with E-state index in [1.807, 2.05) is 69.3 Å². The average Bonchev–Trinajstić information content (AvgIpc) is 3.52. The van der Waals surface area contributed by atoms with Gasteiger partial charge in [-0.3, -0.25) is 4.79 Å². The minimum absolute atomic E-state index is 0.0383. The van der Waals surface area contributed by atoms with Crippen LogP contribution in [0.15, 0.2) is 65.2 Å². The van der Waals surface area contributed by atoms with E-state index in [1.165, 1.54) is 0 Å². The maximum Gasteiger partial charge on any atom is 0.258 e. The number of aromatic nitrogens is 2. The number of fused-ring (bicyclic) bond motifs is 1. The minimum atomic E-state index is -0.0849. The summed E-state index contributed by atoms with van der Waals surface area (Å²) in [6.45, 7) is 5.82. The van der Waals surface area contributed by atoms with Gasteiger partial charge in [-0.05, 0) is 75.1 Å². The highest BCUT2D eigenvalue weighted by atomic mass is 16.5. The molecule has 5 rings (SSSR count). The number of nitrogens with zero attached hydrogens (tertiary/aromatic N) is 3. The second-order valence-electron chi connectivity index (χ2n) is 9.22. The van der Waals surface area contributed by atoms with Crippen LogP contribution in [0, 0.1) is 18.3 Å². The second kappa shape index (κ2) is 9.67. The third-order valence-electron chi connectivity index (χ3n) is 6.27. The first kappa shape index (κ1) is 23.3. The fourth-order valence-electron chi connectivity index (χ4n) is 4.52. The van der Waals surface area contributed by atoms with E-state index in [4.69, 9.17) is 9.26 Å². The topological polar surface area (TPSA) is 101 Å². The molecule has 1 heterocycles. The van der Waals surface area contributed by atoms with Crippen LogP contribution in [0.5, 0.6) is 5.75 Å². The van der Waals surface area contributed by atoms with E-state index in [9.17, 15) is 10.1 Å². The predicted octanol–water partition coefficient (Wildman–Crippen LogP) is 5.79. The summed E-state index contributed by atoms with van der Waals surface area (Å²) in [7, 11) is 0. The highest BCUT2D eigenvalue weighted by Gasteiger charge is 2.28. The molecule has 1 amide bonds. The van der Waals surface area contributed by atoms with Gasteiger partial charge in [-0.2, -0.15) is 10.2 Å². The van der Waals surface area contributed by atoms with Gasteiger partial charge >= 0.3 is 0 Å². The van der Waals surface area contributed by atoms with E-state index in [2.05, 4.69) is 21.5 Å². The van der Waals surface area contributed by atoms with Crippen molar-refractivity contribution in [3.8, 4) is 34.7 Å². The molecule has 4 aromatic rings. The molecule has 0 unspecified atom stereocenters. The fourth-order valence-corrected chi connectivity index (χ4v) is 4.52. The maximum absolute atomic E-state index is 12.8. The standard InChI is InChI=1S/C29H26N4O3/c1-17(2)35-26-14-11-20(15-21(26)16-30)29-32-27(33-36-29)24-6-4-5-23-22(24)12-13-25(23)31-28(34)19-9-7-18(3)8-10-19/h4-11,14-15,17,25H,12-13H2,1-3H3,(H,31,34)/t25-/m0/s1. The van der Waals surface area contributed by atoms with Gasteiger partial charge in [0.1, 0.15) is 11.8 Å². The monoisotopic (exact) mass is 478 g/mol. The summed E-state index contributed by atoms with van der Waals surface area (Å²) in [4.78, 5) is 17.4. The summed E-state index contributed by atoms with van der Waals surface area (Å²) < 4.78 is 11.3. The number of hydrogen-bond donors (Lipinski definition) is 1. The lowest BCUT2D eigenvalue weighted by Gasteiger charge is -2.15. The first-order valence-electron chi connectivity index (χ1n) is 12.0. The van der Waals surface area contributed by atoms with Crippen LogP contribution >= 0.6 is 0 Å².